The van der Waals surface area contributed by atoms with Gasteiger partial charge in [-0.3, -0.25) is 0 Å². The second kappa shape index (κ2) is 4.22. The lowest BCUT2D eigenvalue weighted by Gasteiger charge is -2.34. The molecule has 1 aliphatic carbocycles. The Balaban J connectivity index is 2.39. The first kappa shape index (κ1) is 11.1. The molecular formula is C12H15BrFN. The van der Waals surface area contributed by atoms with Crippen LogP contribution in [0.1, 0.15) is 37.7 Å². The molecule has 0 aromatic heterocycles. The van der Waals surface area contributed by atoms with Gasteiger partial charge in [-0.15, -0.1) is 0 Å². The summed E-state index contributed by atoms with van der Waals surface area (Å²) in [5.41, 5.74) is 6.94. The molecule has 0 unspecified atom stereocenters. The van der Waals surface area contributed by atoms with Gasteiger partial charge in [0.25, 0.3) is 0 Å². The molecule has 1 aliphatic rings. The second-order valence-electron chi connectivity index (χ2n) is 4.32. The van der Waals surface area contributed by atoms with Crippen LogP contribution < -0.4 is 5.73 Å². The minimum atomic E-state index is -0.334. The highest BCUT2D eigenvalue weighted by Crippen LogP contribution is 2.38. The van der Waals surface area contributed by atoms with Crippen molar-refractivity contribution in [2.45, 2.75) is 37.6 Å². The Morgan fingerprint density at radius 3 is 2.53 bits per heavy atom. The predicted molar refractivity (Wildman–Crippen MR) is 63.1 cm³/mol. The third-order valence-corrected chi connectivity index (χ3v) is 4.04. The molecule has 82 valence electrons. The molecule has 1 saturated carbocycles. The first-order chi connectivity index (χ1) is 7.13. The molecule has 0 amide bonds. The monoisotopic (exact) mass is 271 g/mol. The van der Waals surface area contributed by atoms with E-state index < -0.39 is 0 Å². The van der Waals surface area contributed by atoms with Crippen molar-refractivity contribution in [1.29, 1.82) is 0 Å². The Labute approximate surface area is 98.0 Å². The number of benzene rings is 1. The van der Waals surface area contributed by atoms with Crippen molar-refractivity contribution in [3.05, 3.63) is 34.1 Å². The van der Waals surface area contributed by atoms with Gasteiger partial charge in [-0.25, -0.2) is 4.39 Å². The minimum Gasteiger partial charge on any atom is -0.321 e. The van der Waals surface area contributed by atoms with Crippen LogP contribution in [0.4, 0.5) is 4.39 Å². The van der Waals surface area contributed by atoms with Gasteiger partial charge < -0.3 is 5.73 Å². The summed E-state index contributed by atoms with van der Waals surface area (Å²) in [5.74, 6) is -0.220. The van der Waals surface area contributed by atoms with E-state index in [-0.39, 0.29) is 11.4 Å². The van der Waals surface area contributed by atoms with E-state index in [1.165, 1.54) is 12.5 Å². The van der Waals surface area contributed by atoms with Gasteiger partial charge in [0.2, 0.25) is 0 Å². The summed E-state index contributed by atoms with van der Waals surface area (Å²) < 4.78 is 13.9. The third kappa shape index (κ3) is 2.08. The van der Waals surface area contributed by atoms with E-state index in [2.05, 4.69) is 15.9 Å². The summed E-state index contributed by atoms with van der Waals surface area (Å²) in [7, 11) is 0. The maximum Gasteiger partial charge on any atom is 0.137 e. The van der Waals surface area contributed by atoms with Crippen molar-refractivity contribution in [1.82, 2.24) is 0 Å². The third-order valence-electron chi connectivity index (χ3n) is 3.23. The summed E-state index contributed by atoms with van der Waals surface area (Å²) in [6.07, 6.45) is 5.43. The van der Waals surface area contributed by atoms with Crippen molar-refractivity contribution < 1.29 is 4.39 Å². The first-order valence-corrected chi connectivity index (χ1v) is 6.16. The molecule has 0 saturated heterocycles. The highest BCUT2D eigenvalue weighted by molar-refractivity contribution is 9.10. The van der Waals surface area contributed by atoms with Gasteiger partial charge in [-0.2, -0.15) is 0 Å². The molecule has 2 rings (SSSR count). The van der Waals surface area contributed by atoms with Crippen LogP contribution in [0.2, 0.25) is 0 Å². The molecule has 1 nitrogen and oxygen atoms in total. The number of hydrogen-bond acceptors (Lipinski definition) is 1. The first-order valence-electron chi connectivity index (χ1n) is 5.37. The van der Waals surface area contributed by atoms with Crippen LogP contribution in [0, 0.1) is 5.82 Å². The lowest BCUT2D eigenvalue weighted by molar-refractivity contribution is 0.300. The van der Waals surface area contributed by atoms with Crippen molar-refractivity contribution in [2.75, 3.05) is 0 Å². The molecule has 2 N–H and O–H groups in total. The number of halogens is 2. The normalized spacial score (nSPS) is 20.2. The zero-order chi connectivity index (χ0) is 10.9. The summed E-state index contributed by atoms with van der Waals surface area (Å²) in [4.78, 5) is 0. The van der Waals surface area contributed by atoms with E-state index in [0.717, 1.165) is 31.2 Å². The summed E-state index contributed by atoms with van der Waals surface area (Å²) in [6, 6.07) is 5.12. The molecule has 0 spiro atoms. The number of rotatable bonds is 1. The SMILES string of the molecule is NC1(c2cccc(F)c2Br)CCCCC1. The number of hydrogen-bond donors (Lipinski definition) is 1. The fourth-order valence-corrected chi connectivity index (χ4v) is 3.00. The number of nitrogens with two attached hydrogens (primary N) is 1. The lowest BCUT2D eigenvalue weighted by Crippen LogP contribution is -2.39. The van der Waals surface area contributed by atoms with Crippen LogP contribution in [0.3, 0.4) is 0 Å². The largest absolute Gasteiger partial charge is 0.321 e. The second-order valence-corrected chi connectivity index (χ2v) is 5.11. The van der Waals surface area contributed by atoms with Gasteiger partial charge in [0, 0.05) is 5.54 Å². The Kier molecular flexibility index (Phi) is 3.12. The van der Waals surface area contributed by atoms with E-state index in [4.69, 9.17) is 5.73 Å². The summed E-state index contributed by atoms with van der Waals surface area (Å²) in [6.45, 7) is 0. The van der Waals surface area contributed by atoms with E-state index in [1.807, 2.05) is 6.07 Å². The van der Waals surface area contributed by atoms with Crippen molar-refractivity contribution in [3.63, 3.8) is 0 Å². The highest BCUT2D eigenvalue weighted by atomic mass is 79.9. The fourth-order valence-electron chi connectivity index (χ4n) is 2.34. The van der Waals surface area contributed by atoms with Crippen LogP contribution in [0.5, 0.6) is 0 Å². The molecule has 0 atom stereocenters. The molecule has 1 aromatic carbocycles. The van der Waals surface area contributed by atoms with Crippen LogP contribution >= 0.6 is 15.9 Å². The summed E-state index contributed by atoms with van der Waals surface area (Å²) >= 11 is 3.30. The van der Waals surface area contributed by atoms with Gasteiger partial charge in [-0.1, -0.05) is 31.4 Å². The van der Waals surface area contributed by atoms with E-state index >= 15 is 0 Å². The maximum absolute atomic E-state index is 13.4. The molecule has 1 fully saturated rings. The van der Waals surface area contributed by atoms with Gasteiger partial charge in [0.15, 0.2) is 0 Å². The molecule has 15 heavy (non-hydrogen) atoms. The standard InChI is InChI=1S/C12H15BrFN/c13-11-9(5-4-6-10(11)14)12(15)7-2-1-3-8-12/h4-6H,1-3,7-8,15H2. The predicted octanol–water partition coefficient (Wildman–Crippen LogP) is 3.71. The van der Waals surface area contributed by atoms with Crippen LogP contribution in [0.15, 0.2) is 22.7 Å². The van der Waals surface area contributed by atoms with Crippen LogP contribution in [-0.2, 0) is 5.54 Å². The zero-order valence-corrected chi connectivity index (χ0v) is 10.2. The van der Waals surface area contributed by atoms with Crippen LogP contribution in [-0.4, -0.2) is 0 Å². The van der Waals surface area contributed by atoms with Gasteiger partial charge in [-0.05, 0) is 40.4 Å². The van der Waals surface area contributed by atoms with E-state index in [1.54, 1.807) is 6.07 Å². The lowest BCUT2D eigenvalue weighted by atomic mass is 9.77. The average Bonchev–Trinajstić information content (AvgIpc) is 2.23. The minimum absolute atomic E-state index is 0.220. The average molecular weight is 272 g/mol. The zero-order valence-electron chi connectivity index (χ0n) is 8.60. The van der Waals surface area contributed by atoms with Crippen molar-refractivity contribution in [3.8, 4) is 0 Å². The maximum atomic E-state index is 13.4. The quantitative estimate of drug-likeness (QED) is 0.828. The van der Waals surface area contributed by atoms with Gasteiger partial charge in [0.05, 0.1) is 4.47 Å². The molecular weight excluding hydrogens is 257 g/mol. The molecule has 0 aliphatic heterocycles. The van der Waals surface area contributed by atoms with Gasteiger partial charge in [0.1, 0.15) is 5.82 Å². The van der Waals surface area contributed by atoms with E-state index in [9.17, 15) is 4.39 Å². The van der Waals surface area contributed by atoms with E-state index in [0.29, 0.717) is 4.47 Å². The Morgan fingerprint density at radius 2 is 1.87 bits per heavy atom. The fraction of sp³-hybridized carbons (Fsp3) is 0.500. The molecule has 0 bridgehead atoms. The molecule has 3 heteroatoms. The Bertz CT molecular complexity index is 359. The molecule has 0 radical (unpaired) electrons. The van der Waals surface area contributed by atoms with Crippen LogP contribution in [0.25, 0.3) is 0 Å². The van der Waals surface area contributed by atoms with Gasteiger partial charge >= 0.3 is 0 Å². The van der Waals surface area contributed by atoms with Crippen molar-refractivity contribution in [2.24, 2.45) is 5.73 Å². The summed E-state index contributed by atoms with van der Waals surface area (Å²) in [5, 5.41) is 0. The highest BCUT2D eigenvalue weighted by Gasteiger charge is 2.31. The topological polar surface area (TPSA) is 26.0 Å². The Hall–Kier alpha value is -0.410. The Morgan fingerprint density at radius 1 is 1.20 bits per heavy atom. The molecule has 1 aromatic rings. The van der Waals surface area contributed by atoms with Crippen molar-refractivity contribution >= 4 is 15.9 Å². The molecule has 0 heterocycles. The smallest absolute Gasteiger partial charge is 0.137 e.